The number of benzene rings is 1. The molecule has 0 N–H and O–H groups in total. The highest BCUT2D eigenvalue weighted by Gasteiger charge is 2.30. The molecule has 0 heterocycles. The van der Waals surface area contributed by atoms with Crippen LogP contribution < -0.4 is 0 Å². The first-order valence-corrected chi connectivity index (χ1v) is 8.98. The van der Waals surface area contributed by atoms with Gasteiger partial charge >= 0.3 is 0 Å². The summed E-state index contributed by atoms with van der Waals surface area (Å²) in [5.74, 6) is 2.88. The second kappa shape index (κ2) is 10.1. The molecule has 0 saturated carbocycles. The Hall–Kier alpha value is 0.270. The molecule has 1 aromatic rings. The monoisotopic (exact) mass is 313 g/mol. The molecule has 19 heavy (non-hydrogen) atoms. The minimum atomic E-state index is 0.281. The second-order valence-electron chi connectivity index (χ2n) is 5.05. The Bertz CT molecular complexity index is 302. The SMILES string of the molecule is SCCCC(CCCS)(CCCS)c1cc[c]cc1. The first kappa shape index (κ1) is 17.3. The smallest absolute Gasteiger partial charge is 0.00461 e. The van der Waals surface area contributed by atoms with E-state index in [4.69, 9.17) is 0 Å². The van der Waals surface area contributed by atoms with Crippen molar-refractivity contribution in [3.05, 3.63) is 35.9 Å². The van der Waals surface area contributed by atoms with Gasteiger partial charge in [-0.3, -0.25) is 0 Å². The maximum absolute atomic E-state index is 4.39. The summed E-state index contributed by atoms with van der Waals surface area (Å²) in [6, 6.07) is 11.7. The van der Waals surface area contributed by atoms with Crippen LogP contribution in [0.2, 0.25) is 0 Å². The van der Waals surface area contributed by atoms with Gasteiger partial charge in [-0.2, -0.15) is 37.9 Å². The summed E-state index contributed by atoms with van der Waals surface area (Å²) >= 11 is 13.2. The summed E-state index contributed by atoms with van der Waals surface area (Å²) in [5.41, 5.74) is 1.74. The number of thiol groups is 3. The van der Waals surface area contributed by atoms with Crippen molar-refractivity contribution < 1.29 is 0 Å². The molecular formula is C16H25S3. The van der Waals surface area contributed by atoms with Crippen LogP contribution in [-0.2, 0) is 5.41 Å². The molecule has 0 nitrogen and oxygen atoms in total. The van der Waals surface area contributed by atoms with Gasteiger partial charge in [0.05, 0.1) is 0 Å². The average molecular weight is 314 g/mol. The lowest BCUT2D eigenvalue weighted by Crippen LogP contribution is -2.27. The Morgan fingerprint density at radius 3 is 1.58 bits per heavy atom. The van der Waals surface area contributed by atoms with Crippen molar-refractivity contribution in [1.82, 2.24) is 0 Å². The molecule has 0 atom stereocenters. The molecule has 1 aromatic carbocycles. The highest BCUT2D eigenvalue weighted by molar-refractivity contribution is 7.80. The predicted octanol–water partition coefficient (Wildman–Crippen LogP) is 4.85. The molecule has 1 rings (SSSR count). The molecule has 0 unspecified atom stereocenters. The minimum absolute atomic E-state index is 0.281. The van der Waals surface area contributed by atoms with E-state index in [0.29, 0.717) is 0 Å². The van der Waals surface area contributed by atoms with Gasteiger partial charge in [-0.05, 0) is 72.8 Å². The maximum atomic E-state index is 4.39. The fourth-order valence-corrected chi connectivity index (χ4v) is 3.28. The van der Waals surface area contributed by atoms with Crippen LogP contribution in [0.3, 0.4) is 0 Å². The average Bonchev–Trinajstić information content (AvgIpc) is 2.48. The van der Waals surface area contributed by atoms with Crippen LogP contribution >= 0.6 is 37.9 Å². The summed E-state index contributed by atoms with van der Waals surface area (Å²) in [5, 5.41) is 0. The van der Waals surface area contributed by atoms with Crippen LogP contribution in [0.15, 0.2) is 24.3 Å². The Balaban J connectivity index is 2.94. The molecule has 0 fully saturated rings. The van der Waals surface area contributed by atoms with Crippen molar-refractivity contribution in [2.45, 2.75) is 43.9 Å². The van der Waals surface area contributed by atoms with Gasteiger partial charge in [-0.1, -0.05) is 24.3 Å². The fourth-order valence-electron chi connectivity index (χ4n) is 2.80. The van der Waals surface area contributed by atoms with Crippen LogP contribution in [0, 0.1) is 6.07 Å². The van der Waals surface area contributed by atoms with Gasteiger partial charge in [0.2, 0.25) is 0 Å². The third-order valence-corrected chi connectivity index (χ3v) is 4.72. The molecule has 1 radical (unpaired) electrons. The molecule has 3 heteroatoms. The molecule has 107 valence electrons. The first-order valence-electron chi connectivity index (χ1n) is 7.08. The standard InChI is InChI=1S/C16H25S3/c17-12-4-9-16(10-5-13-18,11-6-14-19)15-7-2-1-3-8-15/h2-3,7-8,17-19H,4-6,9-14H2. The van der Waals surface area contributed by atoms with Crippen LogP contribution in [0.25, 0.3) is 0 Å². The number of rotatable bonds is 10. The minimum Gasteiger partial charge on any atom is -0.179 e. The second-order valence-corrected chi connectivity index (χ2v) is 6.39. The van der Waals surface area contributed by atoms with E-state index in [1.807, 2.05) is 12.1 Å². The van der Waals surface area contributed by atoms with E-state index in [-0.39, 0.29) is 5.41 Å². The van der Waals surface area contributed by atoms with E-state index in [2.05, 4.69) is 56.1 Å². The Morgan fingerprint density at radius 1 is 0.789 bits per heavy atom. The molecular weight excluding hydrogens is 288 g/mol. The first-order chi connectivity index (χ1) is 9.29. The van der Waals surface area contributed by atoms with E-state index in [9.17, 15) is 0 Å². The summed E-state index contributed by atoms with van der Waals surface area (Å²) in [4.78, 5) is 0. The van der Waals surface area contributed by atoms with E-state index in [0.717, 1.165) is 17.3 Å². The van der Waals surface area contributed by atoms with E-state index in [1.165, 1.54) is 44.1 Å². The van der Waals surface area contributed by atoms with Crippen molar-refractivity contribution >= 4 is 37.9 Å². The van der Waals surface area contributed by atoms with E-state index < -0.39 is 0 Å². The zero-order valence-corrected chi connectivity index (χ0v) is 14.2. The van der Waals surface area contributed by atoms with Gasteiger partial charge in [0.1, 0.15) is 0 Å². The van der Waals surface area contributed by atoms with Gasteiger partial charge in [-0.15, -0.1) is 0 Å². The molecule has 0 aliphatic heterocycles. The van der Waals surface area contributed by atoms with Crippen LogP contribution in [-0.4, -0.2) is 17.3 Å². The van der Waals surface area contributed by atoms with Gasteiger partial charge in [0.25, 0.3) is 0 Å². The molecule has 0 aliphatic carbocycles. The number of hydrogen-bond acceptors (Lipinski definition) is 3. The highest BCUT2D eigenvalue weighted by Crippen LogP contribution is 2.39. The lowest BCUT2D eigenvalue weighted by molar-refractivity contribution is 0.330. The predicted molar refractivity (Wildman–Crippen MR) is 96.2 cm³/mol. The highest BCUT2D eigenvalue weighted by atomic mass is 32.1. The Morgan fingerprint density at radius 2 is 1.21 bits per heavy atom. The Labute approximate surface area is 135 Å². The molecule has 0 aromatic heterocycles. The van der Waals surface area contributed by atoms with Gasteiger partial charge in [0, 0.05) is 0 Å². The van der Waals surface area contributed by atoms with Crippen molar-refractivity contribution in [3.63, 3.8) is 0 Å². The molecule has 0 spiro atoms. The maximum Gasteiger partial charge on any atom is -0.00461 e. The summed E-state index contributed by atoms with van der Waals surface area (Å²) in [6.07, 6.45) is 7.13. The lowest BCUT2D eigenvalue weighted by atomic mass is 9.70. The zero-order chi connectivity index (χ0) is 14.0. The zero-order valence-electron chi connectivity index (χ0n) is 11.5. The topological polar surface area (TPSA) is 0 Å². The molecule has 0 saturated heterocycles. The third-order valence-electron chi connectivity index (χ3n) is 3.77. The molecule has 0 amide bonds. The van der Waals surface area contributed by atoms with Crippen molar-refractivity contribution in [3.8, 4) is 0 Å². The van der Waals surface area contributed by atoms with Gasteiger partial charge in [0.15, 0.2) is 0 Å². The van der Waals surface area contributed by atoms with Gasteiger partial charge in [-0.25, -0.2) is 0 Å². The fraction of sp³-hybridized carbons (Fsp3) is 0.625. The van der Waals surface area contributed by atoms with Crippen LogP contribution in [0.5, 0.6) is 0 Å². The Kier molecular flexibility index (Phi) is 9.17. The van der Waals surface area contributed by atoms with Crippen LogP contribution in [0.4, 0.5) is 0 Å². The van der Waals surface area contributed by atoms with E-state index >= 15 is 0 Å². The van der Waals surface area contributed by atoms with Crippen LogP contribution in [0.1, 0.15) is 44.1 Å². The number of hydrogen-bond donors (Lipinski definition) is 3. The summed E-state index contributed by atoms with van der Waals surface area (Å²) in [6.45, 7) is 0. The lowest BCUT2D eigenvalue weighted by Gasteiger charge is -2.35. The van der Waals surface area contributed by atoms with Gasteiger partial charge < -0.3 is 0 Å². The summed E-state index contributed by atoms with van der Waals surface area (Å²) < 4.78 is 0. The van der Waals surface area contributed by atoms with Crippen molar-refractivity contribution in [1.29, 1.82) is 0 Å². The quantitative estimate of drug-likeness (QED) is 0.505. The molecule has 0 aliphatic rings. The van der Waals surface area contributed by atoms with Crippen molar-refractivity contribution in [2.24, 2.45) is 0 Å². The molecule has 0 bridgehead atoms. The van der Waals surface area contributed by atoms with Crippen molar-refractivity contribution in [2.75, 3.05) is 17.3 Å². The normalized spacial score (nSPS) is 11.7. The van der Waals surface area contributed by atoms with E-state index in [1.54, 1.807) is 0 Å². The third kappa shape index (κ3) is 5.65. The summed E-state index contributed by atoms with van der Waals surface area (Å²) in [7, 11) is 0. The largest absolute Gasteiger partial charge is 0.179 e.